The third-order valence-corrected chi connectivity index (χ3v) is 7.96. The number of benzene rings is 2. The molecule has 1 atom stereocenters. The Hall–Kier alpha value is -2.09. The fraction of sp³-hybridized carbons (Fsp3) is 0.458. The molecule has 6 nitrogen and oxygen atoms in total. The summed E-state index contributed by atoms with van der Waals surface area (Å²) >= 11 is 6.21. The number of rotatable bonds is 6. The van der Waals surface area contributed by atoms with Gasteiger partial charge in [-0.3, -0.25) is 4.79 Å². The molecule has 1 heterocycles. The normalized spacial score (nSPS) is 19.9. The van der Waals surface area contributed by atoms with Crippen LogP contribution in [-0.4, -0.2) is 37.0 Å². The third-order valence-electron chi connectivity index (χ3n) is 6.39. The van der Waals surface area contributed by atoms with E-state index in [0.717, 1.165) is 47.6 Å². The maximum Gasteiger partial charge on any atom is 0.235 e. The molecule has 1 N–H and O–H groups in total. The average Bonchev–Trinajstić information content (AvgIpc) is 2.74. The van der Waals surface area contributed by atoms with Crippen LogP contribution >= 0.6 is 11.6 Å². The van der Waals surface area contributed by atoms with Crippen LogP contribution in [0.15, 0.2) is 48.5 Å². The number of hydrogen-bond acceptors (Lipinski definition) is 4. The number of nitrogens with one attached hydrogen (secondary N) is 1. The Morgan fingerprint density at radius 1 is 1.12 bits per heavy atom. The van der Waals surface area contributed by atoms with Crippen LogP contribution in [0.2, 0.25) is 5.02 Å². The Labute approximate surface area is 195 Å². The van der Waals surface area contributed by atoms with Crippen molar-refractivity contribution in [1.82, 2.24) is 9.62 Å². The van der Waals surface area contributed by atoms with Crippen molar-refractivity contribution in [3.8, 4) is 5.75 Å². The summed E-state index contributed by atoms with van der Waals surface area (Å²) in [6.45, 7) is -0.225. The fourth-order valence-corrected chi connectivity index (χ4v) is 5.68. The summed E-state index contributed by atoms with van der Waals surface area (Å²) in [5.41, 5.74) is 1.33. The van der Waals surface area contributed by atoms with Gasteiger partial charge in [0.15, 0.2) is 0 Å². The van der Waals surface area contributed by atoms with E-state index in [-0.39, 0.29) is 30.6 Å². The predicted octanol–water partition coefficient (Wildman–Crippen LogP) is 4.44. The zero-order chi connectivity index (χ0) is 22.8. The van der Waals surface area contributed by atoms with Gasteiger partial charge in [0.1, 0.15) is 11.4 Å². The topological polar surface area (TPSA) is 75.7 Å². The average molecular weight is 477 g/mol. The first-order valence-electron chi connectivity index (χ1n) is 11.0. The zero-order valence-corrected chi connectivity index (χ0v) is 19.8. The van der Waals surface area contributed by atoms with Crippen LogP contribution in [0.3, 0.4) is 0 Å². The van der Waals surface area contributed by atoms with E-state index < -0.39 is 10.0 Å². The van der Waals surface area contributed by atoms with Crippen LogP contribution in [-0.2, 0) is 21.4 Å². The molecule has 1 aliphatic carbocycles. The summed E-state index contributed by atoms with van der Waals surface area (Å²) in [7, 11) is -3.61. The van der Waals surface area contributed by atoms with E-state index in [2.05, 4.69) is 5.32 Å². The maximum atomic E-state index is 13.0. The molecule has 0 bridgehead atoms. The van der Waals surface area contributed by atoms with Gasteiger partial charge in [-0.2, -0.15) is 4.31 Å². The van der Waals surface area contributed by atoms with Gasteiger partial charge in [-0.25, -0.2) is 8.42 Å². The molecule has 0 aromatic heterocycles. The minimum atomic E-state index is -3.61. The summed E-state index contributed by atoms with van der Waals surface area (Å²) in [4.78, 5) is 13.0. The summed E-state index contributed by atoms with van der Waals surface area (Å²) < 4.78 is 32.4. The van der Waals surface area contributed by atoms with Crippen molar-refractivity contribution in [3.63, 3.8) is 0 Å². The highest BCUT2D eigenvalue weighted by Crippen LogP contribution is 2.46. The second-order valence-electron chi connectivity index (χ2n) is 8.83. The molecular weight excluding hydrogens is 448 g/mol. The first-order chi connectivity index (χ1) is 15.3. The Balaban J connectivity index is 1.52. The van der Waals surface area contributed by atoms with Crippen molar-refractivity contribution in [1.29, 1.82) is 0 Å². The number of carbonyl (C=O) groups is 1. The quantitative estimate of drug-likeness (QED) is 0.668. The molecular formula is C24H29ClN2O4S. The molecule has 172 valence electrons. The first kappa shape index (κ1) is 23.1. The van der Waals surface area contributed by atoms with E-state index in [1.807, 2.05) is 24.3 Å². The Morgan fingerprint density at radius 2 is 1.81 bits per heavy atom. The largest absolute Gasteiger partial charge is 0.487 e. The standard InChI is InChI=1S/C24H29ClN2O4S/c1-32(29,30)27(16-18-9-3-5-11-20(18)25)17-23(28)26-21-15-24(13-7-2-8-14-24)31-22-12-6-4-10-19(21)22/h3-6,9-12,21H,2,7-8,13-17H2,1H3,(H,26,28). The number of ether oxygens (including phenoxy) is 1. The monoisotopic (exact) mass is 476 g/mol. The smallest absolute Gasteiger partial charge is 0.235 e. The molecule has 8 heteroatoms. The van der Waals surface area contributed by atoms with Crippen molar-refractivity contribution < 1.29 is 17.9 Å². The van der Waals surface area contributed by atoms with Gasteiger partial charge in [0, 0.05) is 23.6 Å². The molecule has 1 amide bonds. The second-order valence-corrected chi connectivity index (χ2v) is 11.2. The van der Waals surface area contributed by atoms with Gasteiger partial charge < -0.3 is 10.1 Å². The number of nitrogens with zero attached hydrogens (tertiary/aromatic N) is 1. The molecule has 2 aromatic rings. The summed E-state index contributed by atoms with van der Waals surface area (Å²) in [6, 6.07) is 14.6. The summed E-state index contributed by atoms with van der Waals surface area (Å²) in [5, 5.41) is 3.56. The lowest BCUT2D eigenvalue weighted by Crippen LogP contribution is -2.48. The van der Waals surface area contributed by atoms with E-state index in [4.69, 9.17) is 16.3 Å². The number of fused-ring (bicyclic) bond motifs is 1. The molecule has 1 saturated carbocycles. The molecule has 2 aromatic carbocycles. The van der Waals surface area contributed by atoms with Gasteiger partial charge in [-0.15, -0.1) is 0 Å². The van der Waals surface area contributed by atoms with Gasteiger partial charge in [0.05, 0.1) is 18.8 Å². The van der Waals surface area contributed by atoms with Gasteiger partial charge in [-0.05, 0) is 43.4 Å². The van der Waals surface area contributed by atoms with Crippen LogP contribution in [0.1, 0.15) is 55.7 Å². The first-order valence-corrected chi connectivity index (χ1v) is 13.2. The molecule has 1 spiro atoms. The molecule has 32 heavy (non-hydrogen) atoms. The molecule has 0 radical (unpaired) electrons. The second kappa shape index (κ2) is 9.41. The lowest BCUT2D eigenvalue weighted by atomic mass is 9.77. The molecule has 4 rings (SSSR count). The lowest BCUT2D eigenvalue weighted by Gasteiger charge is -2.44. The summed E-state index contributed by atoms with van der Waals surface area (Å²) in [6.07, 6.45) is 7.17. The van der Waals surface area contributed by atoms with Crippen LogP contribution in [0.4, 0.5) is 0 Å². The maximum absolute atomic E-state index is 13.0. The highest BCUT2D eigenvalue weighted by molar-refractivity contribution is 7.88. The highest BCUT2D eigenvalue weighted by atomic mass is 35.5. The van der Waals surface area contributed by atoms with Gasteiger partial charge in [0.25, 0.3) is 0 Å². The summed E-state index contributed by atoms with van der Waals surface area (Å²) in [5.74, 6) is 0.470. The Morgan fingerprint density at radius 3 is 2.53 bits per heavy atom. The van der Waals surface area contributed by atoms with Gasteiger partial charge in [0.2, 0.25) is 15.9 Å². The van der Waals surface area contributed by atoms with E-state index in [9.17, 15) is 13.2 Å². The predicted molar refractivity (Wildman–Crippen MR) is 125 cm³/mol. The third kappa shape index (κ3) is 5.27. The van der Waals surface area contributed by atoms with E-state index in [1.54, 1.807) is 24.3 Å². The van der Waals surface area contributed by atoms with Crippen LogP contribution in [0.5, 0.6) is 5.75 Å². The number of sulfonamides is 1. The van der Waals surface area contributed by atoms with Crippen LogP contribution in [0.25, 0.3) is 0 Å². The molecule has 2 aliphatic rings. The number of carbonyl (C=O) groups excluding carboxylic acids is 1. The van der Waals surface area contributed by atoms with E-state index >= 15 is 0 Å². The molecule has 1 aliphatic heterocycles. The SMILES string of the molecule is CS(=O)(=O)N(CC(=O)NC1CC2(CCCCC2)Oc2ccccc21)Cc1ccccc1Cl. The zero-order valence-electron chi connectivity index (χ0n) is 18.2. The highest BCUT2D eigenvalue weighted by Gasteiger charge is 2.42. The van der Waals surface area contributed by atoms with Crippen LogP contribution in [0, 0.1) is 0 Å². The Kier molecular flexibility index (Phi) is 6.79. The minimum Gasteiger partial charge on any atom is -0.487 e. The number of hydrogen-bond donors (Lipinski definition) is 1. The van der Waals surface area contributed by atoms with Gasteiger partial charge >= 0.3 is 0 Å². The van der Waals surface area contributed by atoms with Crippen molar-refractivity contribution in [3.05, 3.63) is 64.7 Å². The van der Waals surface area contributed by atoms with Crippen molar-refractivity contribution in [2.24, 2.45) is 0 Å². The van der Waals surface area contributed by atoms with E-state index in [0.29, 0.717) is 17.0 Å². The van der Waals surface area contributed by atoms with Crippen molar-refractivity contribution in [2.45, 2.75) is 56.7 Å². The number of amides is 1. The Bertz CT molecular complexity index is 1080. The number of halogens is 1. The number of para-hydroxylation sites is 1. The van der Waals surface area contributed by atoms with E-state index in [1.165, 1.54) is 6.42 Å². The lowest BCUT2D eigenvalue weighted by molar-refractivity contribution is -0.123. The van der Waals surface area contributed by atoms with Crippen LogP contribution < -0.4 is 10.1 Å². The fourth-order valence-electron chi connectivity index (χ4n) is 4.76. The minimum absolute atomic E-state index is 0.0419. The van der Waals surface area contributed by atoms with Gasteiger partial charge in [-0.1, -0.05) is 54.4 Å². The molecule has 1 unspecified atom stereocenters. The molecule has 1 fully saturated rings. The van der Waals surface area contributed by atoms with Crippen molar-refractivity contribution in [2.75, 3.05) is 12.8 Å². The van der Waals surface area contributed by atoms with Crippen molar-refractivity contribution >= 4 is 27.5 Å². The molecule has 0 saturated heterocycles.